The Labute approximate surface area is 566 Å². The normalized spacial score (nSPS) is 27.7. The SMILES string of the molecule is CCCCCCC/C=C\C/C=C\CCCCCCCCCCCCCCCCCCCC(=O)NC(COC1OC(CO)C(OC2OC(CO)C(OC3OC(CO)C(O)C(O)C3O)C(O)C2O)C(O)C1O)C(O)/C=C/CC/C=C/CC/C=C/CCCCCCCCCCCC. The van der Waals surface area contributed by atoms with Crippen molar-refractivity contribution in [3.05, 3.63) is 60.8 Å². The van der Waals surface area contributed by atoms with Crippen molar-refractivity contribution in [2.24, 2.45) is 0 Å². The predicted molar refractivity (Wildman–Crippen MR) is 369 cm³/mol. The first-order chi connectivity index (χ1) is 45.8. The van der Waals surface area contributed by atoms with Crippen molar-refractivity contribution in [1.29, 1.82) is 0 Å². The molecule has 548 valence electrons. The van der Waals surface area contributed by atoms with Gasteiger partial charge in [0.2, 0.25) is 5.91 Å². The minimum atomic E-state index is -1.98. The van der Waals surface area contributed by atoms with Crippen LogP contribution >= 0.6 is 0 Å². The van der Waals surface area contributed by atoms with E-state index < -0.39 is 124 Å². The lowest BCUT2D eigenvalue weighted by atomic mass is 9.96. The molecule has 0 aromatic rings. The van der Waals surface area contributed by atoms with Gasteiger partial charge in [-0.15, -0.1) is 0 Å². The Kier molecular flexibility index (Phi) is 51.3. The first-order valence-corrected chi connectivity index (χ1v) is 37.5. The van der Waals surface area contributed by atoms with Crippen LogP contribution in [0.25, 0.3) is 0 Å². The van der Waals surface area contributed by atoms with Crippen LogP contribution in [0.2, 0.25) is 0 Å². The molecule has 1 amide bonds. The fraction of sp³-hybridized carbons (Fsp3) is 0.853. The molecule has 19 nitrogen and oxygen atoms in total. The molecule has 0 radical (unpaired) electrons. The number of ether oxygens (including phenoxy) is 6. The minimum Gasteiger partial charge on any atom is -0.394 e. The second kappa shape index (κ2) is 56.3. The lowest BCUT2D eigenvalue weighted by Crippen LogP contribution is -2.66. The number of unbranched alkanes of at least 4 members (excludes halogenated alkanes) is 34. The fourth-order valence-corrected chi connectivity index (χ4v) is 12.4. The molecule has 0 aromatic carbocycles. The first kappa shape index (κ1) is 85.7. The van der Waals surface area contributed by atoms with E-state index in [0.29, 0.717) is 12.8 Å². The maximum Gasteiger partial charge on any atom is 0.220 e. The van der Waals surface area contributed by atoms with Gasteiger partial charge in [-0.25, -0.2) is 0 Å². The number of aliphatic hydroxyl groups is 11. The van der Waals surface area contributed by atoms with Crippen molar-refractivity contribution in [1.82, 2.24) is 5.32 Å². The van der Waals surface area contributed by atoms with Gasteiger partial charge in [0.25, 0.3) is 0 Å². The molecule has 17 atom stereocenters. The zero-order valence-corrected chi connectivity index (χ0v) is 58.2. The van der Waals surface area contributed by atoms with Gasteiger partial charge in [-0.1, -0.05) is 254 Å². The Morgan fingerprint density at radius 1 is 0.383 bits per heavy atom. The summed E-state index contributed by atoms with van der Waals surface area (Å²) in [4.78, 5) is 13.4. The maximum absolute atomic E-state index is 13.4. The lowest BCUT2D eigenvalue weighted by molar-refractivity contribution is -0.379. The van der Waals surface area contributed by atoms with Crippen LogP contribution in [0.15, 0.2) is 60.8 Å². The summed E-state index contributed by atoms with van der Waals surface area (Å²) in [6.45, 7) is 1.72. The van der Waals surface area contributed by atoms with Crippen molar-refractivity contribution < 1.29 is 89.4 Å². The van der Waals surface area contributed by atoms with Gasteiger partial charge in [0.1, 0.15) is 73.2 Å². The molecule has 3 fully saturated rings. The highest BCUT2D eigenvalue weighted by Gasteiger charge is 2.53. The van der Waals surface area contributed by atoms with E-state index in [0.717, 1.165) is 51.4 Å². The van der Waals surface area contributed by atoms with Crippen LogP contribution < -0.4 is 5.32 Å². The number of nitrogens with one attached hydrogen (secondary N) is 1. The van der Waals surface area contributed by atoms with Gasteiger partial charge >= 0.3 is 0 Å². The first-order valence-electron chi connectivity index (χ1n) is 37.5. The molecular weight excluding hydrogens is 1200 g/mol. The average molecular weight is 1340 g/mol. The molecule has 94 heavy (non-hydrogen) atoms. The Bertz CT molecular complexity index is 1940. The van der Waals surface area contributed by atoms with Crippen molar-refractivity contribution in [3.8, 4) is 0 Å². The smallest absolute Gasteiger partial charge is 0.220 e. The lowest BCUT2D eigenvalue weighted by Gasteiger charge is -2.48. The number of hydrogen-bond acceptors (Lipinski definition) is 18. The second-order valence-corrected chi connectivity index (χ2v) is 26.7. The Balaban J connectivity index is 1.41. The Morgan fingerprint density at radius 3 is 1.13 bits per heavy atom. The van der Waals surface area contributed by atoms with Crippen molar-refractivity contribution in [2.75, 3.05) is 26.4 Å². The van der Waals surface area contributed by atoms with Crippen LogP contribution in [0.1, 0.15) is 277 Å². The minimum absolute atomic E-state index is 0.232. The van der Waals surface area contributed by atoms with Gasteiger partial charge in [0.15, 0.2) is 18.9 Å². The van der Waals surface area contributed by atoms with E-state index in [1.54, 1.807) is 6.08 Å². The molecule has 0 spiro atoms. The maximum atomic E-state index is 13.4. The molecule has 0 bridgehead atoms. The average Bonchev–Trinajstić information content (AvgIpc) is 0.787. The van der Waals surface area contributed by atoms with Gasteiger partial charge < -0.3 is 89.9 Å². The van der Waals surface area contributed by atoms with Crippen LogP contribution in [0.4, 0.5) is 0 Å². The molecule has 3 rings (SSSR count). The third kappa shape index (κ3) is 37.1. The van der Waals surface area contributed by atoms with Crippen LogP contribution in [-0.4, -0.2) is 193 Å². The molecule has 3 aliphatic heterocycles. The number of allylic oxidation sites excluding steroid dienone is 9. The monoisotopic (exact) mass is 1340 g/mol. The van der Waals surface area contributed by atoms with E-state index in [-0.39, 0.29) is 18.9 Å². The van der Waals surface area contributed by atoms with Crippen molar-refractivity contribution in [2.45, 2.75) is 381 Å². The van der Waals surface area contributed by atoms with Crippen molar-refractivity contribution >= 4 is 5.91 Å². The Hall–Kier alpha value is -2.51. The molecule has 0 aromatic heterocycles. The molecule has 17 unspecified atom stereocenters. The molecular formula is C75H135NO18. The predicted octanol–water partition coefficient (Wildman–Crippen LogP) is 11.1. The highest BCUT2D eigenvalue weighted by molar-refractivity contribution is 5.76. The molecule has 3 aliphatic rings. The summed E-state index contributed by atoms with van der Waals surface area (Å²) in [6.07, 6.45) is 43.5. The summed E-state index contributed by atoms with van der Waals surface area (Å²) in [5.74, 6) is -0.288. The van der Waals surface area contributed by atoms with Gasteiger partial charge in [0.05, 0.1) is 38.6 Å². The topological polar surface area (TPSA) is 307 Å². The summed E-state index contributed by atoms with van der Waals surface area (Å²) in [5.41, 5.74) is 0. The van der Waals surface area contributed by atoms with E-state index in [1.807, 2.05) is 6.08 Å². The number of amides is 1. The van der Waals surface area contributed by atoms with Gasteiger partial charge in [0, 0.05) is 6.42 Å². The van der Waals surface area contributed by atoms with E-state index in [1.165, 1.54) is 193 Å². The van der Waals surface area contributed by atoms with Crippen LogP contribution in [0.3, 0.4) is 0 Å². The van der Waals surface area contributed by atoms with Crippen molar-refractivity contribution in [3.63, 3.8) is 0 Å². The fourth-order valence-electron chi connectivity index (χ4n) is 12.4. The second-order valence-electron chi connectivity index (χ2n) is 26.7. The molecule has 12 N–H and O–H groups in total. The summed E-state index contributed by atoms with van der Waals surface area (Å²) in [7, 11) is 0. The molecule has 0 saturated carbocycles. The quantitative estimate of drug-likeness (QED) is 0.0199. The summed E-state index contributed by atoms with van der Waals surface area (Å²) in [6, 6.07) is -0.998. The third-order valence-electron chi connectivity index (χ3n) is 18.5. The largest absolute Gasteiger partial charge is 0.394 e. The molecule has 3 heterocycles. The number of rotatable bonds is 58. The van der Waals surface area contributed by atoms with Crippen LogP contribution in [0, 0.1) is 0 Å². The standard InChI is InChI=1S/C75H135NO18/c1-3-5-7-9-11-13-15-17-19-21-23-25-26-27-28-29-30-31-32-33-35-37-39-41-43-45-47-49-51-53-63(81)76-58(59(80)52-50-48-46-44-42-40-38-36-34-24-22-20-18-16-14-12-10-8-6-4-2)57-89-73-69(87)66(84)71(61(55-78)91-73)94-75-70(88)67(85)72(62(56-79)92-75)93-74-68(86)65(83)64(82)60(54-77)90-74/h15,17,21,23,34,36,42,44,50,52,58-62,64-75,77-80,82-88H,3-14,16,18-20,22,24-33,35,37-41,43,45-49,51,53-57H2,1-2H3,(H,76,81)/b17-15-,23-21-,36-34+,44-42+,52-50+. The Morgan fingerprint density at radius 2 is 0.713 bits per heavy atom. The summed E-state index contributed by atoms with van der Waals surface area (Å²) >= 11 is 0. The van der Waals surface area contributed by atoms with Gasteiger partial charge in [-0.3, -0.25) is 4.79 Å². The van der Waals surface area contributed by atoms with E-state index in [2.05, 4.69) is 67.8 Å². The van der Waals surface area contributed by atoms with E-state index in [9.17, 15) is 61.0 Å². The van der Waals surface area contributed by atoms with Crippen LogP contribution in [0.5, 0.6) is 0 Å². The number of aliphatic hydroxyl groups excluding tert-OH is 11. The van der Waals surface area contributed by atoms with Gasteiger partial charge in [-0.2, -0.15) is 0 Å². The number of hydrogen-bond donors (Lipinski definition) is 12. The van der Waals surface area contributed by atoms with Crippen LogP contribution in [-0.2, 0) is 33.2 Å². The third-order valence-corrected chi connectivity index (χ3v) is 18.5. The molecule has 0 aliphatic carbocycles. The zero-order valence-electron chi connectivity index (χ0n) is 58.2. The highest BCUT2D eigenvalue weighted by Crippen LogP contribution is 2.33. The number of carbonyl (C=O) groups excluding carboxylic acids is 1. The molecule has 19 heteroatoms. The highest BCUT2D eigenvalue weighted by atomic mass is 16.8. The summed E-state index contributed by atoms with van der Waals surface area (Å²) < 4.78 is 34.4. The summed E-state index contributed by atoms with van der Waals surface area (Å²) in [5, 5.41) is 121. The zero-order chi connectivity index (χ0) is 68.2. The van der Waals surface area contributed by atoms with E-state index >= 15 is 0 Å². The van der Waals surface area contributed by atoms with Gasteiger partial charge in [-0.05, 0) is 77.0 Å². The molecule has 3 saturated heterocycles. The number of carbonyl (C=O) groups is 1. The van der Waals surface area contributed by atoms with E-state index in [4.69, 9.17) is 28.4 Å².